The molecule has 1 aliphatic heterocycles. The fraction of sp³-hybridized carbons (Fsp3) is 0.385. The number of aromatic nitrogens is 1. The summed E-state index contributed by atoms with van der Waals surface area (Å²) in [6.45, 7) is 9.81. The van der Waals surface area contributed by atoms with E-state index in [-0.39, 0.29) is 5.76 Å². The van der Waals surface area contributed by atoms with Gasteiger partial charge in [0.1, 0.15) is 0 Å². The Labute approximate surface area is 195 Å². The molecule has 4 rings (SSSR count). The molecule has 1 aromatic heterocycles. The van der Waals surface area contributed by atoms with Crippen molar-refractivity contribution >= 4 is 11.1 Å². The third-order valence-corrected chi connectivity index (χ3v) is 5.37. The molecule has 0 radical (unpaired) electrons. The summed E-state index contributed by atoms with van der Waals surface area (Å²) in [4.78, 5) is 13.8. The number of aryl methyl sites for hydroxylation is 2. The van der Waals surface area contributed by atoms with Gasteiger partial charge in [-0.15, -0.1) is 0 Å². The van der Waals surface area contributed by atoms with Crippen LogP contribution in [-0.4, -0.2) is 48.0 Å². The van der Waals surface area contributed by atoms with Crippen molar-refractivity contribution in [3.05, 3.63) is 70.9 Å². The van der Waals surface area contributed by atoms with Crippen LogP contribution in [-0.2, 0) is 18.2 Å². The van der Waals surface area contributed by atoms with Crippen molar-refractivity contribution in [3.63, 3.8) is 0 Å². The van der Waals surface area contributed by atoms with Crippen LogP contribution in [0.4, 0.5) is 0 Å². The molecule has 176 valence electrons. The third-order valence-electron chi connectivity index (χ3n) is 5.37. The van der Waals surface area contributed by atoms with Gasteiger partial charge in [-0.1, -0.05) is 36.9 Å². The van der Waals surface area contributed by atoms with Gasteiger partial charge in [0.2, 0.25) is 0 Å². The molecule has 1 aliphatic rings. The van der Waals surface area contributed by atoms with Gasteiger partial charge in [0.15, 0.2) is 5.58 Å². The first kappa shape index (κ1) is 25.9. The number of rotatable bonds is 4. The van der Waals surface area contributed by atoms with E-state index in [1.165, 1.54) is 4.57 Å². The molecular formula is C26H33N3O4. The predicted octanol–water partition coefficient (Wildman–Crippen LogP) is 4.11. The lowest BCUT2D eigenvalue weighted by molar-refractivity contribution is 0.145. The molecule has 2 aromatic carbocycles. The molecule has 0 atom stereocenters. The first-order valence-electron chi connectivity index (χ1n) is 11.0. The smallest absolute Gasteiger partial charge is 0.408 e. The van der Waals surface area contributed by atoms with E-state index in [1.807, 2.05) is 49.4 Å². The van der Waals surface area contributed by atoms with Crippen LogP contribution in [0, 0.1) is 11.3 Å². The van der Waals surface area contributed by atoms with E-state index in [0.717, 1.165) is 74.2 Å². The standard InChI is InChI=1S/C17H14N2O2.C8H15NO.CH4O/c1-19-15-11-14(8-9-16(15)21-17(19)20)13-6-4-12(5-7-13)3-2-10-18;1-8(2)9-4-3-6-10-7-5-9;1-2/h4-9,11H,2-3H2,1H3;1,3-7H2,2H3;2H,1H3. The Morgan fingerprint density at radius 3 is 2.48 bits per heavy atom. The number of nitrogens with zero attached hydrogens (tertiary/aromatic N) is 3. The Kier molecular flexibility index (Phi) is 10.4. The van der Waals surface area contributed by atoms with Crippen LogP contribution in [0.25, 0.3) is 22.2 Å². The Morgan fingerprint density at radius 1 is 1.12 bits per heavy atom. The van der Waals surface area contributed by atoms with Crippen LogP contribution < -0.4 is 5.76 Å². The van der Waals surface area contributed by atoms with E-state index < -0.39 is 0 Å². The highest BCUT2D eigenvalue weighted by Gasteiger charge is 2.08. The summed E-state index contributed by atoms with van der Waals surface area (Å²) < 4.78 is 11.9. The normalized spacial score (nSPS) is 13.1. The molecular weight excluding hydrogens is 418 g/mol. The number of aliphatic hydroxyl groups excluding tert-OH is 1. The average Bonchev–Trinajstić information content (AvgIpc) is 3.02. The molecule has 7 heteroatoms. The van der Waals surface area contributed by atoms with Crippen LogP contribution in [0.2, 0.25) is 0 Å². The molecule has 0 bridgehead atoms. The minimum absolute atomic E-state index is 0.353. The van der Waals surface area contributed by atoms with Crippen LogP contribution in [0.3, 0.4) is 0 Å². The van der Waals surface area contributed by atoms with Crippen molar-refractivity contribution in [2.24, 2.45) is 7.05 Å². The molecule has 1 N–H and O–H groups in total. The number of aliphatic hydroxyl groups is 1. The van der Waals surface area contributed by atoms with Crippen LogP contribution >= 0.6 is 0 Å². The van der Waals surface area contributed by atoms with Gasteiger partial charge < -0.3 is 19.2 Å². The van der Waals surface area contributed by atoms with E-state index in [9.17, 15) is 4.79 Å². The van der Waals surface area contributed by atoms with E-state index in [0.29, 0.717) is 12.0 Å². The summed E-state index contributed by atoms with van der Waals surface area (Å²) in [6, 6.07) is 16.0. The maximum absolute atomic E-state index is 11.5. The lowest BCUT2D eigenvalue weighted by Gasteiger charge is -2.20. The van der Waals surface area contributed by atoms with Crippen LogP contribution in [0.5, 0.6) is 0 Å². The van der Waals surface area contributed by atoms with Crippen molar-refractivity contribution in [2.45, 2.75) is 26.2 Å². The van der Waals surface area contributed by atoms with Crippen LogP contribution in [0.1, 0.15) is 25.3 Å². The van der Waals surface area contributed by atoms with E-state index in [2.05, 4.69) is 17.5 Å². The van der Waals surface area contributed by atoms with Crippen molar-refractivity contribution in [1.82, 2.24) is 9.47 Å². The maximum atomic E-state index is 11.5. The first-order valence-corrected chi connectivity index (χ1v) is 11.0. The summed E-state index contributed by atoms with van der Waals surface area (Å²) >= 11 is 0. The molecule has 3 aromatic rings. The summed E-state index contributed by atoms with van der Waals surface area (Å²) in [5.74, 6) is -0.353. The monoisotopic (exact) mass is 451 g/mol. The number of ether oxygens (including phenoxy) is 1. The molecule has 0 saturated carbocycles. The maximum Gasteiger partial charge on any atom is 0.419 e. The third kappa shape index (κ3) is 7.35. The summed E-state index contributed by atoms with van der Waals surface area (Å²) in [5, 5.41) is 15.6. The quantitative estimate of drug-likeness (QED) is 0.642. The fourth-order valence-electron chi connectivity index (χ4n) is 3.50. The molecule has 7 nitrogen and oxygen atoms in total. The molecule has 0 spiro atoms. The number of allylic oxidation sites excluding steroid dienone is 1. The number of hydrogen-bond acceptors (Lipinski definition) is 6. The van der Waals surface area contributed by atoms with Gasteiger partial charge in [0.05, 0.1) is 18.2 Å². The second-order valence-electron chi connectivity index (χ2n) is 7.65. The minimum Gasteiger partial charge on any atom is -0.408 e. The molecule has 0 aliphatic carbocycles. The predicted molar refractivity (Wildman–Crippen MR) is 131 cm³/mol. The van der Waals surface area contributed by atoms with E-state index in [4.69, 9.17) is 19.5 Å². The van der Waals surface area contributed by atoms with Gasteiger partial charge in [-0.25, -0.2) is 4.79 Å². The Bertz CT molecular complexity index is 1120. The number of benzene rings is 2. The topological polar surface area (TPSA) is 91.6 Å². The average molecular weight is 452 g/mol. The summed E-state index contributed by atoms with van der Waals surface area (Å²) in [6.07, 6.45) is 2.43. The van der Waals surface area contributed by atoms with Crippen molar-refractivity contribution < 1.29 is 14.3 Å². The zero-order valence-electron chi connectivity index (χ0n) is 19.7. The van der Waals surface area contributed by atoms with Gasteiger partial charge >= 0.3 is 5.76 Å². The van der Waals surface area contributed by atoms with E-state index in [1.54, 1.807) is 7.05 Å². The highest BCUT2D eigenvalue weighted by Crippen LogP contribution is 2.24. The number of hydrogen-bond donors (Lipinski definition) is 1. The van der Waals surface area contributed by atoms with Gasteiger partial charge in [0.25, 0.3) is 0 Å². The number of nitriles is 1. The van der Waals surface area contributed by atoms with Crippen molar-refractivity contribution in [2.75, 3.05) is 33.4 Å². The largest absolute Gasteiger partial charge is 0.419 e. The minimum atomic E-state index is -0.353. The van der Waals surface area contributed by atoms with Gasteiger partial charge in [0, 0.05) is 46.0 Å². The van der Waals surface area contributed by atoms with Gasteiger partial charge in [-0.05, 0) is 48.6 Å². The Hall–Kier alpha value is -3.34. The second kappa shape index (κ2) is 13.3. The van der Waals surface area contributed by atoms with Crippen LogP contribution in [0.15, 0.2) is 64.0 Å². The lowest BCUT2D eigenvalue weighted by Crippen LogP contribution is -2.23. The lowest BCUT2D eigenvalue weighted by atomic mass is 10.0. The molecule has 1 saturated heterocycles. The first-order chi connectivity index (χ1) is 16.0. The SMILES string of the molecule is C=C(C)N1CCCOCC1.CO.Cn1c(=O)oc2ccc(-c3ccc(CCC#N)cc3)cc21. The summed E-state index contributed by atoms with van der Waals surface area (Å²) in [7, 11) is 2.70. The highest BCUT2D eigenvalue weighted by atomic mass is 16.5. The zero-order valence-corrected chi connectivity index (χ0v) is 19.7. The molecule has 0 unspecified atom stereocenters. The summed E-state index contributed by atoms with van der Waals surface area (Å²) in [5.41, 5.74) is 5.79. The Balaban J connectivity index is 0.000000270. The number of oxazole rings is 1. The van der Waals surface area contributed by atoms with E-state index >= 15 is 0 Å². The Morgan fingerprint density at radius 2 is 1.82 bits per heavy atom. The molecule has 33 heavy (non-hydrogen) atoms. The number of fused-ring (bicyclic) bond motifs is 1. The molecule has 0 amide bonds. The van der Waals surface area contributed by atoms with Gasteiger partial charge in [-0.3, -0.25) is 4.57 Å². The fourth-order valence-corrected chi connectivity index (χ4v) is 3.50. The van der Waals surface area contributed by atoms with Gasteiger partial charge in [-0.2, -0.15) is 5.26 Å². The van der Waals surface area contributed by atoms with Crippen molar-refractivity contribution in [3.8, 4) is 17.2 Å². The second-order valence-corrected chi connectivity index (χ2v) is 7.65. The molecule has 1 fully saturated rings. The zero-order chi connectivity index (χ0) is 24.2. The van der Waals surface area contributed by atoms with Crippen molar-refractivity contribution in [1.29, 1.82) is 5.26 Å². The highest BCUT2D eigenvalue weighted by molar-refractivity contribution is 5.80. The molecule has 2 heterocycles.